The van der Waals surface area contributed by atoms with Crippen molar-refractivity contribution in [3.8, 4) is 0 Å². The van der Waals surface area contributed by atoms with E-state index in [9.17, 15) is 19.2 Å². The number of hydroxylamine groups is 2. The zero-order valence-electron chi connectivity index (χ0n) is 9.81. The van der Waals surface area contributed by atoms with E-state index >= 15 is 0 Å². The van der Waals surface area contributed by atoms with Crippen molar-refractivity contribution < 1.29 is 28.9 Å². The first-order chi connectivity index (χ1) is 9.49. The number of rotatable bonds is 4. The van der Waals surface area contributed by atoms with Gasteiger partial charge in [-0.1, -0.05) is 0 Å². The molecule has 108 valence electrons. The molecule has 12 nitrogen and oxygen atoms in total. The topological polar surface area (TPSA) is 188 Å². The fraction of sp³-hybridized carbons (Fsp3) is 0. The van der Waals surface area contributed by atoms with Gasteiger partial charge in [-0.05, 0) is 0 Å². The van der Waals surface area contributed by atoms with Gasteiger partial charge in [0.1, 0.15) is 0 Å². The Morgan fingerprint density at radius 1 is 0.850 bits per heavy atom. The summed E-state index contributed by atoms with van der Waals surface area (Å²) in [7, 11) is 0. The highest BCUT2D eigenvalue weighted by atomic mass is 16.7. The number of guanidine groups is 2. The van der Waals surface area contributed by atoms with E-state index in [1.807, 2.05) is 11.0 Å². The molecule has 12 heteroatoms. The van der Waals surface area contributed by atoms with Gasteiger partial charge in [-0.3, -0.25) is 9.59 Å². The molecule has 0 saturated heterocycles. The van der Waals surface area contributed by atoms with Crippen LogP contribution in [-0.2, 0) is 28.9 Å². The second kappa shape index (κ2) is 9.58. The van der Waals surface area contributed by atoms with Gasteiger partial charge in [0.2, 0.25) is 24.7 Å². The van der Waals surface area contributed by atoms with Crippen molar-refractivity contribution >= 4 is 36.7 Å². The van der Waals surface area contributed by atoms with Gasteiger partial charge >= 0.3 is 11.9 Å². The highest BCUT2D eigenvalue weighted by molar-refractivity contribution is 5.93. The normalized spacial score (nSPS) is 11.6. The minimum absolute atomic E-state index is 0.125. The summed E-state index contributed by atoms with van der Waals surface area (Å²) in [6.45, 7) is 0. The van der Waals surface area contributed by atoms with Crippen LogP contribution in [0.3, 0.4) is 0 Å². The van der Waals surface area contributed by atoms with Gasteiger partial charge in [0, 0.05) is 12.2 Å². The van der Waals surface area contributed by atoms with Crippen molar-refractivity contribution in [1.29, 1.82) is 0 Å². The lowest BCUT2D eigenvalue weighted by atomic mass is 10.5. The fourth-order valence-corrected chi connectivity index (χ4v) is 0.576. The Labute approximate surface area is 111 Å². The highest BCUT2D eigenvalue weighted by Gasteiger charge is 2.02. The molecule has 0 spiro atoms. The van der Waals surface area contributed by atoms with Crippen molar-refractivity contribution in [2.75, 3.05) is 0 Å². The third kappa shape index (κ3) is 8.68. The maximum Gasteiger partial charge on any atom is 0.356 e. The number of nitrogens with two attached hydrogens (primary N) is 2. The molecule has 0 rings (SSSR count). The van der Waals surface area contributed by atoms with Crippen LogP contribution in [-0.4, -0.2) is 36.7 Å². The van der Waals surface area contributed by atoms with Gasteiger partial charge < -0.3 is 21.1 Å². The van der Waals surface area contributed by atoms with Crippen LogP contribution in [0.2, 0.25) is 0 Å². The summed E-state index contributed by atoms with van der Waals surface area (Å²) in [6, 6.07) is 0. The van der Waals surface area contributed by atoms with Gasteiger partial charge in [0.05, 0.1) is 0 Å². The van der Waals surface area contributed by atoms with Crippen LogP contribution in [0.25, 0.3) is 0 Å². The molecule has 0 unspecified atom stereocenters. The lowest BCUT2D eigenvalue weighted by Crippen LogP contribution is -2.34. The van der Waals surface area contributed by atoms with Gasteiger partial charge in [-0.15, -0.1) is 0 Å². The molecule has 0 aliphatic heterocycles. The SMILES string of the molecule is NC(=NC=O)NOC(=O)/C=C\C(=O)ONC(N)=NC=O. The van der Waals surface area contributed by atoms with Gasteiger partial charge in [0.15, 0.2) is 0 Å². The molecular formula is C8H10N6O6. The van der Waals surface area contributed by atoms with Crippen molar-refractivity contribution in [2.24, 2.45) is 21.5 Å². The Bertz CT molecular complexity index is 428. The van der Waals surface area contributed by atoms with Gasteiger partial charge in [0.25, 0.3) is 0 Å². The number of hydrogen-bond donors (Lipinski definition) is 4. The average molecular weight is 286 g/mol. The first kappa shape index (κ1) is 16.6. The largest absolute Gasteiger partial charge is 0.367 e. The van der Waals surface area contributed by atoms with Crippen LogP contribution in [0.5, 0.6) is 0 Å². The fourth-order valence-electron chi connectivity index (χ4n) is 0.576. The van der Waals surface area contributed by atoms with Gasteiger partial charge in [-0.25, -0.2) is 9.59 Å². The Morgan fingerprint density at radius 3 is 1.50 bits per heavy atom. The Balaban J connectivity index is 4.09. The molecule has 0 aromatic carbocycles. The summed E-state index contributed by atoms with van der Waals surface area (Å²) in [6.07, 6.45) is 1.61. The van der Waals surface area contributed by atoms with Crippen molar-refractivity contribution in [2.45, 2.75) is 0 Å². The van der Waals surface area contributed by atoms with Crippen LogP contribution in [0, 0.1) is 0 Å². The lowest BCUT2D eigenvalue weighted by molar-refractivity contribution is -0.144. The summed E-state index contributed by atoms with van der Waals surface area (Å²) in [5.74, 6) is -2.96. The molecular weight excluding hydrogens is 276 g/mol. The van der Waals surface area contributed by atoms with Crippen molar-refractivity contribution in [1.82, 2.24) is 11.0 Å². The van der Waals surface area contributed by atoms with E-state index in [0.717, 1.165) is 0 Å². The second-order valence-electron chi connectivity index (χ2n) is 2.62. The number of carbonyl (C=O) groups is 4. The molecule has 0 aromatic rings. The molecule has 0 atom stereocenters. The summed E-state index contributed by atoms with van der Waals surface area (Å²) >= 11 is 0. The average Bonchev–Trinajstić information content (AvgIpc) is 2.41. The number of aliphatic imine (C=N–C) groups is 2. The van der Waals surface area contributed by atoms with E-state index in [0.29, 0.717) is 12.2 Å². The smallest absolute Gasteiger partial charge is 0.356 e. The molecule has 20 heavy (non-hydrogen) atoms. The minimum atomic E-state index is -1.03. The first-order valence-corrected chi connectivity index (χ1v) is 4.65. The van der Waals surface area contributed by atoms with Crippen LogP contribution in [0.15, 0.2) is 22.1 Å². The maximum atomic E-state index is 11.0. The number of amides is 2. The standard InChI is InChI=1S/C8H10N6O6/c9-7(11-3-15)13-19-5(17)1-2-6(18)20-14-8(10)12-4-16/h1-4H,(H3,9,11,13,15)(H3,10,12,14,16)/b2-1-. The maximum absolute atomic E-state index is 11.0. The third-order valence-electron chi connectivity index (χ3n) is 1.25. The summed E-state index contributed by atoms with van der Waals surface area (Å²) in [5, 5.41) is 0. The lowest BCUT2D eigenvalue weighted by Gasteiger charge is -2.02. The van der Waals surface area contributed by atoms with E-state index in [1.165, 1.54) is 0 Å². The molecule has 0 aliphatic carbocycles. The van der Waals surface area contributed by atoms with Crippen LogP contribution in [0.1, 0.15) is 0 Å². The molecule has 0 radical (unpaired) electrons. The van der Waals surface area contributed by atoms with E-state index in [1.54, 1.807) is 0 Å². The van der Waals surface area contributed by atoms with Crippen molar-refractivity contribution in [3.05, 3.63) is 12.2 Å². The van der Waals surface area contributed by atoms with Crippen molar-refractivity contribution in [3.63, 3.8) is 0 Å². The summed E-state index contributed by atoms with van der Waals surface area (Å²) < 4.78 is 0. The molecule has 6 N–H and O–H groups in total. The zero-order chi connectivity index (χ0) is 15.4. The Morgan fingerprint density at radius 2 is 1.20 bits per heavy atom. The predicted octanol–water partition coefficient (Wildman–Crippen LogP) is -3.42. The van der Waals surface area contributed by atoms with Crippen LogP contribution < -0.4 is 22.4 Å². The molecule has 2 amide bonds. The van der Waals surface area contributed by atoms with E-state index in [2.05, 4.69) is 19.7 Å². The van der Waals surface area contributed by atoms with E-state index in [-0.39, 0.29) is 12.8 Å². The zero-order valence-corrected chi connectivity index (χ0v) is 9.81. The van der Waals surface area contributed by atoms with Crippen LogP contribution in [0.4, 0.5) is 0 Å². The number of hydrogen-bond acceptors (Lipinski definition) is 6. The third-order valence-corrected chi connectivity index (χ3v) is 1.25. The Hall–Kier alpha value is -3.44. The van der Waals surface area contributed by atoms with E-state index in [4.69, 9.17) is 11.5 Å². The first-order valence-electron chi connectivity index (χ1n) is 4.65. The van der Waals surface area contributed by atoms with Crippen LogP contribution >= 0.6 is 0 Å². The molecule has 0 aliphatic rings. The molecule has 0 heterocycles. The predicted molar refractivity (Wildman–Crippen MR) is 63.0 cm³/mol. The monoisotopic (exact) mass is 286 g/mol. The van der Waals surface area contributed by atoms with Gasteiger partial charge in [-0.2, -0.15) is 20.9 Å². The molecule has 0 bridgehead atoms. The number of carbonyl (C=O) groups excluding carboxylic acids is 4. The van der Waals surface area contributed by atoms with E-state index < -0.39 is 23.9 Å². The second-order valence-corrected chi connectivity index (χ2v) is 2.62. The molecule has 0 aromatic heterocycles. The Kier molecular flexibility index (Phi) is 7.93. The summed E-state index contributed by atoms with van der Waals surface area (Å²) in [4.78, 5) is 56.3. The number of nitrogens with one attached hydrogen (secondary N) is 2. The molecule has 0 fully saturated rings. The number of nitrogens with zero attached hydrogens (tertiary/aromatic N) is 2. The quantitative estimate of drug-likeness (QED) is 0.133. The summed E-state index contributed by atoms with van der Waals surface area (Å²) in [5.41, 5.74) is 13.7. The molecule has 0 saturated carbocycles. The minimum Gasteiger partial charge on any atom is -0.367 e. The highest BCUT2D eigenvalue weighted by Crippen LogP contribution is 1.82.